The molecule has 27 heavy (non-hydrogen) atoms. The molecule has 2 aromatic rings. The van der Waals surface area contributed by atoms with Gasteiger partial charge in [0.1, 0.15) is 5.82 Å². The highest BCUT2D eigenvalue weighted by Gasteiger charge is 2.36. The van der Waals surface area contributed by atoms with E-state index in [9.17, 15) is 9.59 Å². The second-order valence-corrected chi connectivity index (χ2v) is 7.52. The molecule has 2 heterocycles. The summed E-state index contributed by atoms with van der Waals surface area (Å²) in [6, 6.07) is 9.94. The van der Waals surface area contributed by atoms with E-state index < -0.39 is 0 Å². The van der Waals surface area contributed by atoms with Gasteiger partial charge < -0.3 is 10.2 Å². The number of hydrogen-bond acceptors (Lipinski definition) is 3. The number of hydrogen-bond donors (Lipinski definition) is 1. The predicted octanol–water partition coefficient (Wildman–Crippen LogP) is 3.97. The minimum absolute atomic E-state index is 0.00303. The molecule has 1 fully saturated rings. The molecule has 1 aliphatic heterocycles. The number of carbonyl (C=O) groups is 2. The third-order valence-corrected chi connectivity index (χ3v) is 5.28. The highest BCUT2D eigenvalue weighted by atomic mass is 16.2. The number of anilines is 2. The Morgan fingerprint density at radius 3 is 2.70 bits per heavy atom. The Morgan fingerprint density at radius 1 is 1.26 bits per heavy atom. The number of amides is 2. The lowest BCUT2D eigenvalue weighted by atomic mass is 9.96. The monoisotopic (exact) mass is 368 g/mol. The zero-order valence-corrected chi connectivity index (χ0v) is 16.5. The van der Waals surface area contributed by atoms with E-state index in [4.69, 9.17) is 0 Å². The van der Waals surface area contributed by atoms with Crippen molar-refractivity contribution in [3.8, 4) is 0 Å². The van der Waals surface area contributed by atoms with Crippen molar-refractivity contribution in [2.75, 3.05) is 16.8 Å². The first kappa shape index (κ1) is 19.1. The molecule has 0 aliphatic carbocycles. The zero-order chi connectivity index (χ0) is 19.6. The zero-order valence-electron chi connectivity index (χ0n) is 16.5. The van der Waals surface area contributed by atoms with Crippen molar-refractivity contribution in [3.63, 3.8) is 0 Å². The molecule has 2 amide bonds. The van der Waals surface area contributed by atoms with Crippen molar-refractivity contribution >= 4 is 23.3 Å². The fourth-order valence-electron chi connectivity index (χ4n) is 3.54. The van der Waals surface area contributed by atoms with E-state index in [0.29, 0.717) is 18.3 Å². The van der Waals surface area contributed by atoms with E-state index in [2.05, 4.69) is 30.3 Å². The third-order valence-electron chi connectivity index (χ3n) is 5.28. The molecule has 6 heteroatoms. The summed E-state index contributed by atoms with van der Waals surface area (Å²) in [6.45, 7) is 8.73. The number of rotatable bonds is 6. The van der Waals surface area contributed by atoms with Crippen LogP contribution >= 0.6 is 0 Å². The Labute approximate surface area is 160 Å². The van der Waals surface area contributed by atoms with Gasteiger partial charge in [-0.05, 0) is 37.8 Å². The smallest absolute Gasteiger partial charge is 0.230 e. The quantitative estimate of drug-likeness (QED) is 0.839. The number of benzene rings is 1. The van der Waals surface area contributed by atoms with Crippen LogP contribution in [0.3, 0.4) is 0 Å². The first-order valence-corrected chi connectivity index (χ1v) is 9.66. The van der Waals surface area contributed by atoms with Crippen LogP contribution in [0.15, 0.2) is 36.5 Å². The second-order valence-electron chi connectivity index (χ2n) is 7.52. The van der Waals surface area contributed by atoms with E-state index in [1.54, 1.807) is 21.8 Å². The van der Waals surface area contributed by atoms with Gasteiger partial charge in [0.05, 0.1) is 12.1 Å². The molecule has 1 aromatic heterocycles. The first-order chi connectivity index (χ1) is 12.9. The van der Waals surface area contributed by atoms with Crippen LogP contribution in [-0.4, -0.2) is 28.1 Å². The number of nitrogens with zero attached hydrogens (tertiary/aromatic N) is 3. The molecule has 6 nitrogen and oxygen atoms in total. The molecule has 1 saturated heterocycles. The molecule has 1 aromatic carbocycles. The van der Waals surface area contributed by atoms with Gasteiger partial charge >= 0.3 is 0 Å². The fourth-order valence-corrected chi connectivity index (χ4v) is 3.54. The summed E-state index contributed by atoms with van der Waals surface area (Å²) in [7, 11) is 0. The van der Waals surface area contributed by atoms with Crippen molar-refractivity contribution in [2.24, 2.45) is 5.92 Å². The van der Waals surface area contributed by atoms with E-state index in [1.807, 2.05) is 32.0 Å². The van der Waals surface area contributed by atoms with Crippen LogP contribution in [0.1, 0.15) is 58.1 Å². The van der Waals surface area contributed by atoms with Crippen LogP contribution in [0, 0.1) is 5.92 Å². The Hall–Kier alpha value is -2.63. The maximum atomic E-state index is 12.8. The lowest BCUT2D eigenvalue weighted by molar-refractivity contribution is -0.122. The Morgan fingerprint density at radius 2 is 2.00 bits per heavy atom. The van der Waals surface area contributed by atoms with Crippen LogP contribution in [0.5, 0.6) is 0 Å². The molecule has 0 bridgehead atoms. The second kappa shape index (κ2) is 7.94. The third kappa shape index (κ3) is 3.89. The summed E-state index contributed by atoms with van der Waals surface area (Å²) in [5.41, 5.74) is 2.09. The summed E-state index contributed by atoms with van der Waals surface area (Å²) in [4.78, 5) is 27.2. The first-order valence-electron chi connectivity index (χ1n) is 9.66. The Bertz CT molecular complexity index is 827. The highest BCUT2D eigenvalue weighted by Crippen LogP contribution is 2.33. The molecule has 1 aliphatic rings. The molecular formula is C21H28N4O2. The SMILES string of the molecule is CCC(C)c1ccccc1N1CC(C(=O)Nc2ccnn2C(C)C)CC1=O. The number of carbonyl (C=O) groups excluding carboxylic acids is 2. The minimum Gasteiger partial charge on any atom is -0.311 e. The standard InChI is InChI=1S/C21H28N4O2/c1-5-15(4)17-8-6-7-9-18(17)24-13-16(12-20(24)26)21(27)23-19-10-11-22-25(19)14(2)3/h6-11,14-16H,5,12-13H2,1-4H3,(H,23,27). The van der Waals surface area contributed by atoms with Crippen molar-refractivity contribution in [1.82, 2.24) is 9.78 Å². The average molecular weight is 368 g/mol. The summed E-state index contributed by atoms with van der Waals surface area (Å²) < 4.78 is 1.77. The van der Waals surface area contributed by atoms with Crippen LogP contribution < -0.4 is 10.2 Å². The summed E-state index contributed by atoms with van der Waals surface area (Å²) in [6.07, 6.45) is 2.91. The summed E-state index contributed by atoms with van der Waals surface area (Å²) in [5.74, 6) is 0.540. The predicted molar refractivity (Wildman–Crippen MR) is 107 cm³/mol. The molecule has 0 spiro atoms. The van der Waals surface area contributed by atoms with Crippen LogP contribution in [0.2, 0.25) is 0 Å². The van der Waals surface area contributed by atoms with Crippen LogP contribution in [0.25, 0.3) is 0 Å². The average Bonchev–Trinajstić information content (AvgIpc) is 3.27. The van der Waals surface area contributed by atoms with Gasteiger partial charge in [-0.3, -0.25) is 9.59 Å². The molecular weight excluding hydrogens is 340 g/mol. The normalized spacial score (nSPS) is 18.2. The van der Waals surface area contributed by atoms with Crippen molar-refractivity contribution in [1.29, 1.82) is 0 Å². The molecule has 3 rings (SSSR count). The molecule has 2 atom stereocenters. The van der Waals surface area contributed by atoms with Gasteiger partial charge in [-0.1, -0.05) is 32.0 Å². The summed E-state index contributed by atoms with van der Waals surface area (Å²) in [5, 5.41) is 7.18. The van der Waals surface area contributed by atoms with Gasteiger partial charge in [0.2, 0.25) is 11.8 Å². The molecule has 1 N–H and O–H groups in total. The maximum absolute atomic E-state index is 12.8. The van der Waals surface area contributed by atoms with E-state index in [0.717, 1.165) is 17.7 Å². The fraction of sp³-hybridized carbons (Fsp3) is 0.476. The van der Waals surface area contributed by atoms with Crippen molar-refractivity contribution < 1.29 is 9.59 Å². The van der Waals surface area contributed by atoms with E-state index in [-0.39, 0.29) is 30.2 Å². The van der Waals surface area contributed by atoms with Gasteiger partial charge in [0.25, 0.3) is 0 Å². The molecule has 144 valence electrons. The van der Waals surface area contributed by atoms with Crippen molar-refractivity contribution in [3.05, 3.63) is 42.1 Å². The topological polar surface area (TPSA) is 67.2 Å². The highest BCUT2D eigenvalue weighted by molar-refractivity contribution is 6.03. The van der Waals surface area contributed by atoms with E-state index in [1.165, 1.54) is 0 Å². The van der Waals surface area contributed by atoms with Gasteiger partial charge in [-0.15, -0.1) is 0 Å². The van der Waals surface area contributed by atoms with Crippen molar-refractivity contribution in [2.45, 2.75) is 52.5 Å². The van der Waals surface area contributed by atoms with Crippen LogP contribution in [0.4, 0.5) is 11.5 Å². The van der Waals surface area contributed by atoms with Crippen LogP contribution in [-0.2, 0) is 9.59 Å². The van der Waals surface area contributed by atoms with Gasteiger partial charge in [0.15, 0.2) is 0 Å². The maximum Gasteiger partial charge on any atom is 0.230 e. The summed E-state index contributed by atoms with van der Waals surface area (Å²) >= 11 is 0. The lowest BCUT2D eigenvalue weighted by Crippen LogP contribution is -2.29. The van der Waals surface area contributed by atoms with Gasteiger partial charge in [0, 0.05) is 30.8 Å². The van der Waals surface area contributed by atoms with Gasteiger partial charge in [-0.25, -0.2) is 4.68 Å². The Balaban J connectivity index is 1.76. The lowest BCUT2D eigenvalue weighted by Gasteiger charge is -2.23. The molecule has 0 saturated carbocycles. The minimum atomic E-state index is -0.363. The largest absolute Gasteiger partial charge is 0.311 e. The number of nitrogens with one attached hydrogen (secondary N) is 1. The Kier molecular flexibility index (Phi) is 5.63. The molecule has 0 radical (unpaired) electrons. The molecule has 2 unspecified atom stereocenters. The van der Waals surface area contributed by atoms with E-state index >= 15 is 0 Å². The van der Waals surface area contributed by atoms with Gasteiger partial charge in [-0.2, -0.15) is 5.10 Å². The number of aromatic nitrogens is 2. The number of para-hydroxylation sites is 1.